The normalized spacial score (nSPS) is 10.7. The zero-order valence-corrected chi connectivity index (χ0v) is 19.2. The number of aryl methyl sites for hydroxylation is 1. The van der Waals surface area contributed by atoms with Crippen molar-refractivity contribution in [1.29, 1.82) is 0 Å². The number of sulfonamides is 1. The Morgan fingerprint density at radius 1 is 0.758 bits per heavy atom. The number of nitrogens with zero attached hydrogens (tertiary/aromatic N) is 1. The molecule has 0 aliphatic carbocycles. The lowest BCUT2D eigenvalue weighted by atomic mass is 9.99. The highest BCUT2D eigenvalue weighted by molar-refractivity contribution is 7.93. The topological polar surface area (TPSA) is 46.6 Å². The monoisotopic (exact) mass is 453 g/mol. The van der Waals surface area contributed by atoms with Gasteiger partial charge in [0.25, 0.3) is 10.0 Å². The van der Waals surface area contributed by atoms with E-state index in [0.717, 1.165) is 21.0 Å². The smallest absolute Gasteiger partial charge is 0.275 e. The molecule has 0 saturated heterocycles. The third-order valence-electron chi connectivity index (χ3n) is 5.17. The Morgan fingerprint density at radius 3 is 2.06 bits per heavy atom. The number of hydrogen-bond acceptors (Lipinski definition) is 3. The van der Waals surface area contributed by atoms with Crippen LogP contribution in [0.1, 0.15) is 11.1 Å². The Kier molecular flexibility index (Phi) is 6.48. The molecule has 0 saturated carbocycles. The van der Waals surface area contributed by atoms with Gasteiger partial charge in [0.05, 0.1) is 17.7 Å². The van der Waals surface area contributed by atoms with Crippen LogP contribution in [0.2, 0.25) is 0 Å². The van der Waals surface area contributed by atoms with E-state index in [1.54, 1.807) is 36.4 Å². The van der Waals surface area contributed by atoms with Crippen molar-refractivity contribution in [3.63, 3.8) is 0 Å². The molecule has 0 aromatic heterocycles. The predicted octanol–water partition coefficient (Wildman–Crippen LogP) is 5.88. The summed E-state index contributed by atoms with van der Waals surface area (Å²) in [4.78, 5) is 0.133. The summed E-state index contributed by atoms with van der Waals surface area (Å²) in [7, 11) is -2.39. The minimum absolute atomic E-state index is 0.133. The fraction of sp³-hybridized carbons (Fsp3) is 0.0714. The molecule has 0 fully saturated rings. The summed E-state index contributed by atoms with van der Waals surface area (Å²) >= 11 is 0. The largest absolute Gasteiger partial charge is 0.497 e. The first kappa shape index (κ1) is 22.2. The van der Waals surface area contributed by atoms with Gasteiger partial charge >= 0.3 is 0 Å². The quantitative estimate of drug-likeness (QED) is 0.280. The molecule has 0 atom stereocenters. The maximum absolute atomic E-state index is 13.5. The van der Waals surface area contributed by atoms with Crippen LogP contribution in [0.3, 0.4) is 0 Å². The minimum atomic E-state index is -3.93. The summed E-state index contributed by atoms with van der Waals surface area (Å²) in [5.41, 5.74) is 4.35. The van der Waals surface area contributed by atoms with E-state index < -0.39 is 10.0 Å². The second-order valence-corrected chi connectivity index (χ2v) is 9.22. The van der Waals surface area contributed by atoms with E-state index in [0.29, 0.717) is 11.4 Å². The van der Waals surface area contributed by atoms with Gasteiger partial charge in [0.2, 0.25) is 0 Å². The SMILES string of the molecule is COc1ccc(S(=O)(=O)N(C#Cc2ccccc2-c2ccc(C)cc2)c2ccccc2)cc1. The molecule has 0 aliphatic rings. The zero-order valence-electron chi connectivity index (χ0n) is 18.4. The van der Waals surface area contributed by atoms with Crippen molar-refractivity contribution in [3.8, 4) is 28.8 Å². The van der Waals surface area contributed by atoms with Crippen molar-refractivity contribution in [3.05, 3.63) is 114 Å². The molecule has 0 spiro atoms. The Labute approximate surface area is 195 Å². The molecule has 4 aromatic rings. The van der Waals surface area contributed by atoms with Crippen LogP contribution in [0.25, 0.3) is 11.1 Å². The molecule has 0 N–H and O–H groups in total. The third kappa shape index (κ3) is 4.92. The third-order valence-corrected chi connectivity index (χ3v) is 6.82. The average Bonchev–Trinajstić information content (AvgIpc) is 2.85. The standard InChI is InChI=1S/C28H23NO3S/c1-22-12-14-24(15-13-22)28-11-7-6-8-23(28)20-21-29(25-9-4-3-5-10-25)33(30,31)27-18-16-26(32-2)17-19-27/h3-19H,1-2H3. The molecule has 33 heavy (non-hydrogen) atoms. The van der Waals surface area contributed by atoms with Crippen LogP contribution < -0.4 is 9.04 Å². The molecular weight excluding hydrogens is 430 g/mol. The maximum Gasteiger partial charge on any atom is 0.275 e. The van der Waals surface area contributed by atoms with Crippen LogP contribution in [-0.2, 0) is 10.0 Å². The average molecular weight is 454 g/mol. The Hall–Kier alpha value is -4.01. The predicted molar refractivity (Wildman–Crippen MR) is 133 cm³/mol. The number of hydrogen-bond donors (Lipinski definition) is 0. The fourth-order valence-electron chi connectivity index (χ4n) is 3.37. The summed E-state index contributed by atoms with van der Waals surface area (Å²) in [5.74, 6) is 3.68. The van der Waals surface area contributed by atoms with Crippen molar-refractivity contribution in [2.45, 2.75) is 11.8 Å². The van der Waals surface area contributed by atoms with Crippen LogP contribution in [0.5, 0.6) is 5.75 Å². The van der Waals surface area contributed by atoms with Crippen LogP contribution in [0.15, 0.2) is 108 Å². The molecule has 0 unspecified atom stereocenters. The Morgan fingerprint density at radius 2 is 1.39 bits per heavy atom. The first-order chi connectivity index (χ1) is 16.0. The zero-order chi connectivity index (χ0) is 23.3. The molecule has 0 amide bonds. The van der Waals surface area contributed by atoms with Gasteiger partial charge in [0.1, 0.15) is 5.75 Å². The summed E-state index contributed by atoms with van der Waals surface area (Å²) in [6, 6.07) is 33.9. The number of methoxy groups -OCH3 is 1. The lowest BCUT2D eigenvalue weighted by molar-refractivity contribution is 0.414. The van der Waals surface area contributed by atoms with Crippen LogP contribution in [0, 0.1) is 18.9 Å². The summed E-state index contributed by atoms with van der Waals surface area (Å²) in [5, 5.41) is 0. The van der Waals surface area contributed by atoms with E-state index in [-0.39, 0.29) is 4.90 Å². The van der Waals surface area contributed by atoms with Gasteiger partial charge in [0.15, 0.2) is 0 Å². The van der Waals surface area contributed by atoms with E-state index in [4.69, 9.17) is 4.74 Å². The number of anilines is 1. The number of para-hydroxylation sites is 1. The Bertz CT molecular complexity index is 1400. The highest BCUT2D eigenvalue weighted by Gasteiger charge is 2.24. The van der Waals surface area contributed by atoms with Gasteiger partial charge in [-0.1, -0.05) is 66.2 Å². The molecule has 4 nitrogen and oxygen atoms in total. The number of rotatable bonds is 5. The van der Waals surface area contributed by atoms with Gasteiger partial charge in [-0.15, -0.1) is 0 Å². The van der Waals surface area contributed by atoms with E-state index in [9.17, 15) is 8.42 Å². The van der Waals surface area contributed by atoms with Gasteiger partial charge in [-0.2, -0.15) is 4.31 Å². The second kappa shape index (κ2) is 9.64. The van der Waals surface area contributed by atoms with Crippen molar-refractivity contribution in [2.75, 3.05) is 11.4 Å². The molecule has 5 heteroatoms. The van der Waals surface area contributed by atoms with E-state index in [1.165, 1.54) is 24.8 Å². The summed E-state index contributed by atoms with van der Waals surface area (Å²) in [6.45, 7) is 2.04. The maximum atomic E-state index is 13.5. The van der Waals surface area contributed by atoms with E-state index >= 15 is 0 Å². The highest BCUT2D eigenvalue weighted by Crippen LogP contribution is 2.26. The molecule has 164 valence electrons. The van der Waals surface area contributed by atoms with Gasteiger partial charge in [-0.25, -0.2) is 8.42 Å². The minimum Gasteiger partial charge on any atom is -0.497 e. The summed E-state index contributed by atoms with van der Waals surface area (Å²) in [6.07, 6.45) is 0. The molecule has 0 aliphatic heterocycles. The van der Waals surface area contributed by atoms with Crippen LogP contribution >= 0.6 is 0 Å². The molecule has 0 radical (unpaired) electrons. The first-order valence-electron chi connectivity index (χ1n) is 10.4. The van der Waals surface area contributed by atoms with Crippen molar-refractivity contribution in [1.82, 2.24) is 0 Å². The fourth-order valence-corrected chi connectivity index (χ4v) is 4.62. The van der Waals surface area contributed by atoms with Gasteiger partial charge in [-0.05, 0) is 66.4 Å². The van der Waals surface area contributed by atoms with Crippen LogP contribution in [-0.4, -0.2) is 15.5 Å². The molecule has 4 rings (SSSR count). The first-order valence-corrected chi connectivity index (χ1v) is 11.9. The highest BCUT2D eigenvalue weighted by atomic mass is 32.2. The van der Waals surface area contributed by atoms with Crippen molar-refractivity contribution < 1.29 is 13.2 Å². The number of benzene rings is 4. The van der Waals surface area contributed by atoms with Crippen molar-refractivity contribution in [2.24, 2.45) is 0 Å². The number of ether oxygens (including phenoxy) is 1. The lowest BCUT2D eigenvalue weighted by Crippen LogP contribution is -2.26. The Balaban J connectivity index is 1.80. The van der Waals surface area contributed by atoms with Crippen molar-refractivity contribution >= 4 is 15.7 Å². The van der Waals surface area contributed by atoms with Gasteiger partial charge < -0.3 is 4.74 Å². The molecule has 0 heterocycles. The lowest BCUT2D eigenvalue weighted by Gasteiger charge is -2.18. The van der Waals surface area contributed by atoms with Crippen LogP contribution in [0.4, 0.5) is 5.69 Å². The summed E-state index contributed by atoms with van der Waals surface area (Å²) < 4.78 is 33.3. The molecule has 0 bridgehead atoms. The molecular formula is C28H23NO3S. The van der Waals surface area contributed by atoms with E-state index in [1.807, 2.05) is 61.5 Å². The molecule has 4 aromatic carbocycles. The van der Waals surface area contributed by atoms with Gasteiger partial charge in [-0.3, -0.25) is 0 Å². The van der Waals surface area contributed by atoms with E-state index in [2.05, 4.69) is 12.0 Å². The van der Waals surface area contributed by atoms with Gasteiger partial charge in [0, 0.05) is 11.6 Å². The second-order valence-electron chi connectivity index (χ2n) is 7.43.